The van der Waals surface area contributed by atoms with Gasteiger partial charge in [0.15, 0.2) is 0 Å². The molecule has 2 aromatic rings. The molecule has 1 aromatic heterocycles. The highest BCUT2D eigenvalue weighted by atomic mass is 16.3. The van der Waals surface area contributed by atoms with Gasteiger partial charge >= 0.3 is 0 Å². The molecule has 7 heteroatoms. The molecular weight excluding hydrogens is 322 g/mol. The minimum atomic E-state index is -0.184. The van der Waals surface area contributed by atoms with Gasteiger partial charge in [-0.15, -0.1) is 0 Å². The molecule has 0 spiro atoms. The molecule has 7 nitrogen and oxygen atoms in total. The first-order valence-electron chi connectivity index (χ1n) is 8.03. The van der Waals surface area contributed by atoms with E-state index >= 15 is 0 Å². The summed E-state index contributed by atoms with van der Waals surface area (Å²) in [4.78, 5) is 39.5. The Morgan fingerprint density at radius 2 is 1.60 bits per heavy atom. The highest BCUT2D eigenvalue weighted by molar-refractivity contribution is 5.97. The number of rotatable bonds is 3. The van der Waals surface area contributed by atoms with Crippen molar-refractivity contribution in [2.75, 3.05) is 31.5 Å². The molecule has 0 unspecified atom stereocenters. The second-order valence-corrected chi connectivity index (χ2v) is 5.86. The molecule has 1 aliphatic heterocycles. The molecule has 0 atom stereocenters. The van der Waals surface area contributed by atoms with E-state index in [1.54, 1.807) is 40.1 Å². The number of furan rings is 1. The van der Waals surface area contributed by atoms with Crippen molar-refractivity contribution in [1.29, 1.82) is 0 Å². The largest absolute Gasteiger partial charge is 0.472 e. The van der Waals surface area contributed by atoms with Crippen LogP contribution in [0.2, 0.25) is 0 Å². The number of hydrogen-bond donors (Lipinski definition) is 1. The van der Waals surface area contributed by atoms with Crippen LogP contribution in [0.15, 0.2) is 47.3 Å². The Balaban J connectivity index is 1.62. The average Bonchev–Trinajstić information content (AvgIpc) is 3.15. The van der Waals surface area contributed by atoms with Gasteiger partial charge in [0.05, 0.1) is 11.8 Å². The van der Waals surface area contributed by atoms with Crippen molar-refractivity contribution in [2.45, 2.75) is 6.92 Å². The number of benzene rings is 1. The summed E-state index contributed by atoms with van der Waals surface area (Å²) in [5.41, 5.74) is 1.62. The van der Waals surface area contributed by atoms with Crippen LogP contribution in [0.3, 0.4) is 0 Å². The fourth-order valence-corrected chi connectivity index (χ4v) is 2.80. The number of carbonyl (C=O) groups is 3. The van der Waals surface area contributed by atoms with E-state index in [0.717, 1.165) is 0 Å². The smallest absolute Gasteiger partial charge is 0.257 e. The molecular formula is C18H19N3O4. The Morgan fingerprint density at radius 1 is 0.960 bits per heavy atom. The number of anilines is 1. The molecule has 1 fully saturated rings. The van der Waals surface area contributed by atoms with Crippen LogP contribution in [-0.2, 0) is 4.79 Å². The maximum absolute atomic E-state index is 12.6. The standard InChI is InChI=1S/C18H19N3O4/c1-13(22)19-16-4-2-3-14(11-16)17(23)20-6-8-21(9-7-20)18(24)15-5-10-25-12-15/h2-5,10-12H,6-9H2,1H3,(H,19,22). The molecule has 1 N–H and O–H groups in total. The van der Waals surface area contributed by atoms with E-state index in [0.29, 0.717) is 43.0 Å². The molecule has 3 rings (SSSR count). The monoisotopic (exact) mass is 341 g/mol. The minimum Gasteiger partial charge on any atom is -0.472 e. The first-order valence-corrected chi connectivity index (χ1v) is 8.03. The number of nitrogens with zero attached hydrogens (tertiary/aromatic N) is 2. The van der Waals surface area contributed by atoms with Gasteiger partial charge < -0.3 is 19.5 Å². The van der Waals surface area contributed by atoms with E-state index < -0.39 is 0 Å². The van der Waals surface area contributed by atoms with Crippen LogP contribution in [0.25, 0.3) is 0 Å². The molecule has 0 aliphatic carbocycles. The number of carbonyl (C=O) groups excluding carboxylic acids is 3. The fourth-order valence-electron chi connectivity index (χ4n) is 2.80. The lowest BCUT2D eigenvalue weighted by atomic mass is 10.1. The molecule has 1 aromatic carbocycles. The third-order valence-electron chi connectivity index (χ3n) is 4.05. The third-order valence-corrected chi connectivity index (χ3v) is 4.05. The lowest BCUT2D eigenvalue weighted by Gasteiger charge is -2.34. The van der Waals surface area contributed by atoms with Crippen LogP contribution >= 0.6 is 0 Å². The first kappa shape index (κ1) is 16.8. The van der Waals surface area contributed by atoms with Gasteiger partial charge in [-0.1, -0.05) is 6.07 Å². The predicted octanol–water partition coefficient (Wildman–Crippen LogP) is 1.84. The summed E-state index contributed by atoms with van der Waals surface area (Å²) in [6.07, 6.45) is 2.89. The fraction of sp³-hybridized carbons (Fsp3) is 0.278. The zero-order valence-electron chi connectivity index (χ0n) is 13.9. The third kappa shape index (κ3) is 3.88. The van der Waals surface area contributed by atoms with Crippen molar-refractivity contribution in [2.24, 2.45) is 0 Å². The Morgan fingerprint density at radius 3 is 2.16 bits per heavy atom. The Bertz CT molecular complexity index is 777. The van der Waals surface area contributed by atoms with Crippen LogP contribution in [-0.4, -0.2) is 53.7 Å². The average molecular weight is 341 g/mol. The van der Waals surface area contributed by atoms with Crippen LogP contribution in [0.4, 0.5) is 5.69 Å². The van der Waals surface area contributed by atoms with Gasteiger partial charge in [0.1, 0.15) is 6.26 Å². The van der Waals surface area contributed by atoms with Crippen LogP contribution in [0.5, 0.6) is 0 Å². The summed E-state index contributed by atoms with van der Waals surface area (Å²) in [6, 6.07) is 8.48. The van der Waals surface area contributed by atoms with Crippen LogP contribution < -0.4 is 5.32 Å². The van der Waals surface area contributed by atoms with Crippen molar-refractivity contribution < 1.29 is 18.8 Å². The van der Waals surface area contributed by atoms with Gasteiger partial charge in [-0.05, 0) is 24.3 Å². The normalized spacial score (nSPS) is 14.3. The zero-order valence-corrected chi connectivity index (χ0v) is 13.9. The Hall–Kier alpha value is -3.09. The first-order chi connectivity index (χ1) is 12.0. The van der Waals surface area contributed by atoms with Gasteiger partial charge in [0, 0.05) is 44.4 Å². The molecule has 1 saturated heterocycles. The van der Waals surface area contributed by atoms with Crippen molar-refractivity contribution in [3.63, 3.8) is 0 Å². The van der Waals surface area contributed by atoms with Crippen molar-refractivity contribution in [3.8, 4) is 0 Å². The summed E-state index contributed by atoms with van der Waals surface area (Å²) in [6.45, 7) is 3.30. The van der Waals surface area contributed by atoms with E-state index in [4.69, 9.17) is 4.42 Å². The molecule has 1 aliphatic rings. The maximum Gasteiger partial charge on any atom is 0.257 e. The molecule has 0 radical (unpaired) electrons. The van der Waals surface area contributed by atoms with E-state index in [9.17, 15) is 14.4 Å². The number of nitrogens with one attached hydrogen (secondary N) is 1. The highest BCUT2D eigenvalue weighted by Gasteiger charge is 2.26. The van der Waals surface area contributed by atoms with Gasteiger partial charge in [-0.2, -0.15) is 0 Å². The SMILES string of the molecule is CC(=O)Nc1cccc(C(=O)N2CCN(C(=O)c3ccoc3)CC2)c1. The molecule has 0 bridgehead atoms. The second kappa shape index (κ2) is 7.21. The Kier molecular flexibility index (Phi) is 4.83. The van der Waals surface area contributed by atoms with Gasteiger partial charge in [0.25, 0.3) is 11.8 Å². The number of hydrogen-bond acceptors (Lipinski definition) is 4. The summed E-state index contributed by atoms with van der Waals surface area (Å²) >= 11 is 0. The predicted molar refractivity (Wildman–Crippen MR) is 91.3 cm³/mol. The molecule has 2 heterocycles. The van der Waals surface area contributed by atoms with Crippen LogP contribution in [0.1, 0.15) is 27.6 Å². The molecule has 3 amide bonds. The topological polar surface area (TPSA) is 82.9 Å². The summed E-state index contributed by atoms with van der Waals surface area (Å²) in [7, 11) is 0. The number of amides is 3. The molecule has 0 saturated carbocycles. The van der Waals surface area contributed by atoms with E-state index in [-0.39, 0.29) is 17.7 Å². The van der Waals surface area contributed by atoms with Gasteiger partial charge in [-0.25, -0.2) is 0 Å². The summed E-state index contributed by atoms with van der Waals surface area (Å²) in [5, 5.41) is 2.67. The van der Waals surface area contributed by atoms with E-state index in [2.05, 4.69) is 5.32 Å². The molecule has 25 heavy (non-hydrogen) atoms. The van der Waals surface area contributed by atoms with Crippen molar-refractivity contribution in [1.82, 2.24) is 9.80 Å². The van der Waals surface area contributed by atoms with Crippen LogP contribution in [0, 0.1) is 0 Å². The van der Waals surface area contributed by atoms with E-state index in [1.807, 2.05) is 0 Å². The van der Waals surface area contributed by atoms with Crippen molar-refractivity contribution in [3.05, 3.63) is 54.0 Å². The number of piperazine rings is 1. The summed E-state index contributed by atoms with van der Waals surface area (Å²) in [5.74, 6) is -0.382. The Labute approximate surface area is 145 Å². The maximum atomic E-state index is 12.6. The van der Waals surface area contributed by atoms with Gasteiger partial charge in [0.2, 0.25) is 5.91 Å². The zero-order chi connectivity index (χ0) is 17.8. The summed E-state index contributed by atoms with van der Waals surface area (Å²) < 4.78 is 4.94. The second-order valence-electron chi connectivity index (χ2n) is 5.86. The lowest BCUT2D eigenvalue weighted by molar-refractivity contribution is -0.114. The van der Waals surface area contributed by atoms with Gasteiger partial charge in [-0.3, -0.25) is 14.4 Å². The van der Waals surface area contributed by atoms with E-state index in [1.165, 1.54) is 19.5 Å². The lowest BCUT2D eigenvalue weighted by Crippen LogP contribution is -2.50. The van der Waals surface area contributed by atoms with Crippen molar-refractivity contribution >= 4 is 23.4 Å². The molecule has 130 valence electrons. The minimum absolute atomic E-state index is 0.0893. The highest BCUT2D eigenvalue weighted by Crippen LogP contribution is 2.15. The quantitative estimate of drug-likeness (QED) is 0.923.